The van der Waals surface area contributed by atoms with E-state index in [-0.39, 0.29) is 30.6 Å². The number of benzene rings is 2. The molecule has 26 heavy (non-hydrogen) atoms. The average molecular weight is 468 g/mol. The molecule has 0 saturated carbocycles. The van der Waals surface area contributed by atoms with Crippen LogP contribution in [0.1, 0.15) is 18.1 Å². The van der Waals surface area contributed by atoms with Crippen LogP contribution in [-0.2, 0) is 17.9 Å². The molecule has 4 N–H and O–H groups in total. The fraction of sp³-hybridized carbons (Fsp3) is 0.263. The lowest BCUT2D eigenvalue weighted by Crippen LogP contribution is -2.36. The summed E-state index contributed by atoms with van der Waals surface area (Å²) >= 11 is 0. The molecule has 0 aliphatic carbocycles. The molecule has 2 aromatic carbocycles. The molecule has 6 nitrogen and oxygen atoms in total. The first-order valence-electron chi connectivity index (χ1n) is 8.23. The lowest BCUT2D eigenvalue weighted by atomic mass is 10.2. The van der Waals surface area contributed by atoms with Gasteiger partial charge in [-0.3, -0.25) is 4.79 Å². The molecule has 140 valence electrons. The zero-order chi connectivity index (χ0) is 17.9. The van der Waals surface area contributed by atoms with E-state index in [1.165, 1.54) is 5.56 Å². The number of halogens is 1. The van der Waals surface area contributed by atoms with Crippen LogP contribution in [-0.4, -0.2) is 25.0 Å². The van der Waals surface area contributed by atoms with Gasteiger partial charge in [0.1, 0.15) is 5.75 Å². The molecule has 0 atom stereocenters. The molecule has 0 bridgehead atoms. The minimum Gasteiger partial charge on any atom is -0.484 e. The standard InChI is InChI=1S/C19H24N4O2.HI/c1-2-21-19(22-12-15-7-4-3-5-8-15)23-13-16-9-6-10-17(11-16)25-14-18(20)24;/h3-11H,2,12-14H2,1H3,(H2,20,24)(H2,21,22,23);1H. The zero-order valence-electron chi connectivity index (χ0n) is 14.8. The minimum absolute atomic E-state index is 0. The Balaban J connectivity index is 0.00000338. The van der Waals surface area contributed by atoms with E-state index in [1.54, 1.807) is 6.07 Å². The van der Waals surface area contributed by atoms with Gasteiger partial charge in [0, 0.05) is 13.1 Å². The predicted octanol–water partition coefficient (Wildman–Crippen LogP) is 2.42. The number of rotatable bonds is 8. The van der Waals surface area contributed by atoms with E-state index in [0.29, 0.717) is 18.8 Å². The summed E-state index contributed by atoms with van der Waals surface area (Å²) in [5, 5.41) is 6.53. The van der Waals surface area contributed by atoms with Gasteiger partial charge in [-0.25, -0.2) is 4.99 Å². The van der Waals surface area contributed by atoms with E-state index in [2.05, 4.69) is 27.8 Å². The average Bonchev–Trinajstić information content (AvgIpc) is 2.63. The monoisotopic (exact) mass is 468 g/mol. The van der Waals surface area contributed by atoms with Crippen LogP contribution in [0.2, 0.25) is 0 Å². The molecule has 0 spiro atoms. The van der Waals surface area contributed by atoms with Crippen molar-refractivity contribution in [3.63, 3.8) is 0 Å². The topological polar surface area (TPSA) is 88.7 Å². The van der Waals surface area contributed by atoms with Crippen molar-refractivity contribution >= 4 is 35.8 Å². The number of nitrogens with zero attached hydrogens (tertiary/aromatic N) is 1. The minimum atomic E-state index is -0.497. The highest BCUT2D eigenvalue weighted by molar-refractivity contribution is 14.0. The maximum Gasteiger partial charge on any atom is 0.255 e. The zero-order valence-corrected chi connectivity index (χ0v) is 17.1. The van der Waals surface area contributed by atoms with Crippen molar-refractivity contribution in [3.8, 4) is 5.75 Å². The second kappa shape index (κ2) is 12.1. The maximum atomic E-state index is 10.8. The number of carbonyl (C=O) groups is 1. The first-order chi connectivity index (χ1) is 12.2. The highest BCUT2D eigenvalue weighted by atomic mass is 127. The SMILES string of the molecule is CCNC(=NCc1cccc(OCC(N)=O)c1)NCc1ccccc1.I. The van der Waals surface area contributed by atoms with Crippen LogP contribution in [0.15, 0.2) is 59.6 Å². The van der Waals surface area contributed by atoms with Crippen molar-refractivity contribution in [2.24, 2.45) is 10.7 Å². The van der Waals surface area contributed by atoms with E-state index in [0.717, 1.165) is 18.1 Å². The van der Waals surface area contributed by atoms with E-state index < -0.39 is 5.91 Å². The first-order valence-corrected chi connectivity index (χ1v) is 8.23. The molecule has 7 heteroatoms. The highest BCUT2D eigenvalue weighted by Gasteiger charge is 2.01. The Morgan fingerprint density at radius 2 is 1.81 bits per heavy atom. The van der Waals surface area contributed by atoms with Crippen LogP contribution in [0.4, 0.5) is 0 Å². The molecule has 0 saturated heterocycles. The lowest BCUT2D eigenvalue weighted by Gasteiger charge is -2.11. The van der Waals surface area contributed by atoms with Crippen molar-refractivity contribution in [3.05, 3.63) is 65.7 Å². The molecule has 0 aromatic heterocycles. The Hall–Kier alpha value is -2.29. The van der Waals surface area contributed by atoms with Crippen molar-refractivity contribution in [1.29, 1.82) is 0 Å². The highest BCUT2D eigenvalue weighted by Crippen LogP contribution is 2.14. The summed E-state index contributed by atoms with van der Waals surface area (Å²) in [4.78, 5) is 15.4. The number of nitrogens with one attached hydrogen (secondary N) is 2. The quantitative estimate of drug-likeness (QED) is 0.316. The van der Waals surface area contributed by atoms with Crippen molar-refractivity contribution in [1.82, 2.24) is 10.6 Å². The Morgan fingerprint density at radius 3 is 2.50 bits per heavy atom. The Labute approximate surface area is 171 Å². The number of guanidine groups is 1. The molecular weight excluding hydrogens is 443 g/mol. The van der Waals surface area contributed by atoms with Crippen LogP contribution in [0.25, 0.3) is 0 Å². The molecule has 2 aromatic rings. The van der Waals surface area contributed by atoms with Crippen LogP contribution in [0.5, 0.6) is 5.75 Å². The van der Waals surface area contributed by atoms with Gasteiger partial charge in [0.2, 0.25) is 0 Å². The second-order valence-corrected chi connectivity index (χ2v) is 5.44. The van der Waals surface area contributed by atoms with Gasteiger partial charge in [-0.2, -0.15) is 0 Å². The van der Waals surface area contributed by atoms with Gasteiger partial charge in [0.05, 0.1) is 6.54 Å². The molecule has 0 radical (unpaired) electrons. The van der Waals surface area contributed by atoms with Crippen LogP contribution >= 0.6 is 24.0 Å². The van der Waals surface area contributed by atoms with Gasteiger partial charge in [-0.1, -0.05) is 42.5 Å². The summed E-state index contributed by atoms with van der Waals surface area (Å²) < 4.78 is 5.31. The van der Waals surface area contributed by atoms with Gasteiger partial charge in [-0.05, 0) is 30.2 Å². The van der Waals surface area contributed by atoms with Crippen molar-refractivity contribution in [2.75, 3.05) is 13.2 Å². The van der Waals surface area contributed by atoms with Gasteiger partial charge < -0.3 is 21.1 Å². The summed E-state index contributed by atoms with van der Waals surface area (Å²) in [6.07, 6.45) is 0. The Bertz CT molecular complexity index is 708. The summed E-state index contributed by atoms with van der Waals surface area (Å²) in [5.41, 5.74) is 7.26. The van der Waals surface area contributed by atoms with Gasteiger partial charge >= 0.3 is 0 Å². The normalized spacial score (nSPS) is 10.6. The summed E-state index contributed by atoms with van der Waals surface area (Å²) in [5.74, 6) is 0.853. The van der Waals surface area contributed by atoms with E-state index in [4.69, 9.17) is 10.5 Å². The predicted molar refractivity (Wildman–Crippen MR) is 115 cm³/mol. The fourth-order valence-electron chi connectivity index (χ4n) is 2.18. The number of primary amides is 1. The summed E-state index contributed by atoms with van der Waals surface area (Å²) in [6, 6.07) is 17.6. The molecular formula is C19H25IN4O2. The number of ether oxygens (including phenoxy) is 1. The molecule has 0 unspecified atom stereocenters. The van der Waals surface area contributed by atoms with Crippen molar-refractivity contribution < 1.29 is 9.53 Å². The smallest absolute Gasteiger partial charge is 0.255 e. The van der Waals surface area contributed by atoms with Gasteiger partial charge in [0.25, 0.3) is 5.91 Å². The third-order valence-electron chi connectivity index (χ3n) is 3.35. The second-order valence-electron chi connectivity index (χ2n) is 5.44. The number of hydrogen-bond donors (Lipinski definition) is 3. The number of aliphatic imine (C=N–C) groups is 1. The fourth-order valence-corrected chi connectivity index (χ4v) is 2.18. The van der Waals surface area contributed by atoms with Gasteiger partial charge in [0.15, 0.2) is 12.6 Å². The van der Waals surface area contributed by atoms with E-state index in [9.17, 15) is 4.79 Å². The molecule has 0 heterocycles. The molecule has 1 amide bonds. The number of hydrogen-bond acceptors (Lipinski definition) is 3. The molecule has 2 rings (SSSR count). The lowest BCUT2D eigenvalue weighted by molar-refractivity contribution is -0.119. The molecule has 0 fully saturated rings. The summed E-state index contributed by atoms with van der Waals surface area (Å²) in [7, 11) is 0. The molecule has 0 aliphatic heterocycles. The van der Waals surface area contributed by atoms with E-state index >= 15 is 0 Å². The van der Waals surface area contributed by atoms with Crippen LogP contribution in [0, 0.1) is 0 Å². The van der Waals surface area contributed by atoms with Crippen LogP contribution < -0.4 is 21.1 Å². The first kappa shape index (κ1) is 21.8. The Kier molecular flexibility index (Phi) is 10.1. The summed E-state index contributed by atoms with van der Waals surface area (Å²) in [6.45, 7) is 3.88. The number of amides is 1. The largest absolute Gasteiger partial charge is 0.484 e. The number of nitrogens with two attached hydrogens (primary N) is 1. The third-order valence-corrected chi connectivity index (χ3v) is 3.35. The van der Waals surface area contributed by atoms with Crippen LogP contribution in [0.3, 0.4) is 0 Å². The van der Waals surface area contributed by atoms with E-state index in [1.807, 2.05) is 43.3 Å². The number of carbonyl (C=O) groups excluding carboxylic acids is 1. The maximum absolute atomic E-state index is 10.8. The van der Waals surface area contributed by atoms with Crippen molar-refractivity contribution in [2.45, 2.75) is 20.0 Å². The molecule has 0 aliphatic rings. The van der Waals surface area contributed by atoms with Gasteiger partial charge in [-0.15, -0.1) is 24.0 Å². The Morgan fingerprint density at radius 1 is 1.08 bits per heavy atom. The third kappa shape index (κ3) is 8.19.